The second-order valence-corrected chi connectivity index (χ2v) is 7.65. The van der Waals surface area contributed by atoms with Crippen LogP contribution in [0.25, 0.3) is 11.8 Å². The summed E-state index contributed by atoms with van der Waals surface area (Å²) in [7, 11) is 0. The highest BCUT2D eigenvalue weighted by Gasteiger charge is 2.18. The van der Waals surface area contributed by atoms with Crippen molar-refractivity contribution in [1.82, 2.24) is 14.5 Å². The van der Waals surface area contributed by atoms with Crippen LogP contribution in [-0.2, 0) is 4.79 Å². The summed E-state index contributed by atoms with van der Waals surface area (Å²) in [5.41, 5.74) is 7.30. The summed E-state index contributed by atoms with van der Waals surface area (Å²) >= 11 is 6.21. The normalized spacial score (nSPS) is 16.9. The van der Waals surface area contributed by atoms with Crippen LogP contribution >= 0.6 is 11.6 Å². The number of imidazole rings is 1. The van der Waals surface area contributed by atoms with Crippen LogP contribution in [0.2, 0.25) is 0 Å². The van der Waals surface area contributed by atoms with Crippen LogP contribution in [0.15, 0.2) is 83.6 Å². The molecule has 2 aliphatic rings. The highest BCUT2D eigenvalue weighted by molar-refractivity contribution is 6.31. The molecule has 1 aliphatic carbocycles. The molecule has 0 bridgehead atoms. The lowest BCUT2D eigenvalue weighted by atomic mass is 10.1. The number of aromatic nitrogens is 2. The van der Waals surface area contributed by atoms with Gasteiger partial charge < -0.3 is 14.4 Å². The number of rotatable bonds is 4. The van der Waals surface area contributed by atoms with Crippen LogP contribution in [0.5, 0.6) is 0 Å². The SMILES string of the molecule is CC(=O)N1CCN(c2ccc(C=CC3=CC(n4ccnc4)=CC(Cl)=C=C3)cc2)CC1. The van der Waals surface area contributed by atoms with Gasteiger partial charge in [0.1, 0.15) is 0 Å². The third-order valence-electron chi connectivity index (χ3n) is 5.22. The van der Waals surface area contributed by atoms with Crippen molar-refractivity contribution in [1.29, 1.82) is 0 Å². The molecule has 0 atom stereocenters. The first-order valence-corrected chi connectivity index (χ1v) is 10.3. The van der Waals surface area contributed by atoms with Gasteiger partial charge in [-0.2, -0.15) is 0 Å². The highest BCUT2D eigenvalue weighted by Crippen LogP contribution is 2.21. The Morgan fingerprint density at radius 3 is 2.53 bits per heavy atom. The van der Waals surface area contributed by atoms with Crippen molar-refractivity contribution in [2.45, 2.75) is 6.92 Å². The lowest BCUT2D eigenvalue weighted by Gasteiger charge is -2.35. The Labute approximate surface area is 181 Å². The maximum atomic E-state index is 11.5. The minimum Gasteiger partial charge on any atom is -0.368 e. The van der Waals surface area contributed by atoms with Crippen molar-refractivity contribution in [2.75, 3.05) is 31.1 Å². The van der Waals surface area contributed by atoms with Crippen LogP contribution in [0.1, 0.15) is 12.5 Å². The van der Waals surface area contributed by atoms with Crippen molar-refractivity contribution in [3.63, 3.8) is 0 Å². The average Bonchev–Trinajstić information content (AvgIpc) is 3.23. The number of amides is 1. The van der Waals surface area contributed by atoms with Gasteiger partial charge in [0.2, 0.25) is 5.91 Å². The van der Waals surface area contributed by atoms with Crippen LogP contribution in [0.3, 0.4) is 0 Å². The molecule has 1 aromatic heterocycles. The van der Waals surface area contributed by atoms with Gasteiger partial charge in [0.25, 0.3) is 0 Å². The minimum absolute atomic E-state index is 0.152. The topological polar surface area (TPSA) is 41.4 Å². The number of piperazine rings is 1. The van der Waals surface area contributed by atoms with Crippen LogP contribution in [0, 0.1) is 0 Å². The molecule has 1 saturated heterocycles. The fourth-order valence-electron chi connectivity index (χ4n) is 3.50. The Morgan fingerprint density at radius 1 is 1.10 bits per heavy atom. The summed E-state index contributed by atoms with van der Waals surface area (Å²) in [6, 6.07) is 8.49. The van der Waals surface area contributed by atoms with E-state index in [9.17, 15) is 4.79 Å². The third kappa shape index (κ3) is 4.82. The van der Waals surface area contributed by atoms with E-state index in [0.717, 1.165) is 43.0 Å². The highest BCUT2D eigenvalue weighted by atomic mass is 35.5. The Hall–Kier alpha value is -3.27. The average molecular weight is 419 g/mol. The molecule has 1 amide bonds. The van der Waals surface area contributed by atoms with Gasteiger partial charge in [-0.05, 0) is 41.5 Å². The van der Waals surface area contributed by atoms with Gasteiger partial charge >= 0.3 is 0 Å². The summed E-state index contributed by atoms with van der Waals surface area (Å²) in [5, 5.41) is 0.549. The van der Waals surface area contributed by atoms with Crippen LogP contribution < -0.4 is 4.90 Å². The second kappa shape index (κ2) is 9.04. The standard InChI is InChI=1S/C24H23ClN4O/c1-19(30)27-12-14-28(15-13-27)23-8-5-20(6-9-23)2-3-21-4-7-22(25)17-24(16-21)29-11-10-26-18-29/h2-6,8-11,16-18H,12-15H2,1H3. The predicted molar refractivity (Wildman–Crippen MR) is 122 cm³/mol. The molecule has 0 N–H and O–H groups in total. The van der Waals surface area contributed by atoms with Gasteiger partial charge in [-0.1, -0.05) is 41.6 Å². The van der Waals surface area contributed by atoms with Crippen molar-refractivity contribution in [2.24, 2.45) is 0 Å². The first-order valence-electron chi connectivity index (χ1n) is 9.91. The number of anilines is 1. The molecule has 6 heteroatoms. The maximum absolute atomic E-state index is 11.5. The van der Waals surface area contributed by atoms with Gasteiger partial charge in [-0.25, -0.2) is 4.98 Å². The Morgan fingerprint density at radius 2 is 1.87 bits per heavy atom. The van der Waals surface area contributed by atoms with E-state index in [1.165, 1.54) is 5.69 Å². The van der Waals surface area contributed by atoms with E-state index in [1.54, 1.807) is 19.4 Å². The predicted octanol–water partition coefficient (Wildman–Crippen LogP) is 4.32. The molecule has 4 rings (SSSR count). The Balaban J connectivity index is 1.45. The Bertz CT molecular complexity index is 1060. The number of carbonyl (C=O) groups is 1. The number of benzene rings is 1. The molecule has 0 saturated carbocycles. The van der Waals surface area contributed by atoms with Crippen molar-refractivity contribution >= 4 is 35.0 Å². The first kappa shape index (κ1) is 20.0. The number of hydrogen-bond acceptors (Lipinski definition) is 3. The van der Waals surface area contributed by atoms with Gasteiger partial charge in [-0.3, -0.25) is 4.79 Å². The zero-order valence-corrected chi connectivity index (χ0v) is 17.6. The van der Waals surface area contributed by atoms with Crippen molar-refractivity contribution in [3.05, 3.63) is 89.2 Å². The number of hydrogen-bond donors (Lipinski definition) is 0. The van der Waals surface area contributed by atoms with E-state index in [4.69, 9.17) is 11.6 Å². The molecule has 30 heavy (non-hydrogen) atoms. The zero-order valence-electron chi connectivity index (χ0n) is 16.8. The monoisotopic (exact) mass is 418 g/mol. The summed E-state index contributed by atoms with van der Waals surface area (Å²) in [4.78, 5) is 19.8. The van der Waals surface area contributed by atoms with Gasteiger partial charge in [0.15, 0.2) is 0 Å². The van der Waals surface area contributed by atoms with Crippen molar-refractivity contribution < 1.29 is 4.79 Å². The van der Waals surface area contributed by atoms with Gasteiger partial charge in [0, 0.05) is 56.9 Å². The summed E-state index contributed by atoms with van der Waals surface area (Å²) < 4.78 is 1.91. The number of nitrogens with zero attached hydrogens (tertiary/aromatic N) is 4. The van der Waals surface area contributed by atoms with E-state index < -0.39 is 0 Å². The fraction of sp³-hybridized carbons (Fsp3) is 0.208. The number of carbonyl (C=O) groups excluding carboxylic acids is 1. The van der Waals surface area contributed by atoms with Crippen LogP contribution in [0.4, 0.5) is 5.69 Å². The second-order valence-electron chi connectivity index (χ2n) is 7.24. The quantitative estimate of drug-likeness (QED) is 0.694. The summed E-state index contributed by atoms with van der Waals surface area (Å²) in [6.45, 7) is 4.92. The van der Waals surface area contributed by atoms with Crippen molar-refractivity contribution in [3.8, 4) is 0 Å². The molecule has 0 radical (unpaired) electrons. The molecular formula is C24H23ClN4O. The molecular weight excluding hydrogens is 396 g/mol. The van der Waals surface area contributed by atoms with E-state index in [0.29, 0.717) is 5.03 Å². The molecule has 0 spiro atoms. The fourth-order valence-corrected chi connectivity index (χ4v) is 3.67. The van der Waals surface area contributed by atoms with E-state index >= 15 is 0 Å². The lowest BCUT2D eigenvalue weighted by molar-refractivity contribution is -0.129. The van der Waals surface area contributed by atoms with E-state index in [1.807, 2.05) is 40.0 Å². The first-order chi connectivity index (χ1) is 14.6. The van der Waals surface area contributed by atoms with Gasteiger partial charge in [0.05, 0.1) is 11.4 Å². The molecule has 1 aromatic carbocycles. The zero-order chi connectivity index (χ0) is 20.9. The molecule has 2 aromatic rings. The smallest absolute Gasteiger partial charge is 0.219 e. The molecule has 152 valence electrons. The minimum atomic E-state index is 0.152. The largest absolute Gasteiger partial charge is 0.368 e. The van der Waals surface area contributed by atoms with E-state index in [2.05, 4.69) is 46.0 Å². The summed E-state index contributed by atoms with van der Waals surface area (Å²) in [6.07, 6.45) is 15.3. The maximum Gasteiger partial charge on any atom is 0.219 e. The number of allylic oxidation sites excluding steroid dienone is 6. The molecule has 0 unspecified atom stereocenters. The van der Waals surface area contributed by atoms with E-state index in [-0.39, 0.29) is 5.91 Å². The lowest BCUT2D eigenvalue weighted by Crippen LogP contribution is -2.48. The Kier molecular flexibility index (Phi) is 6.03. The summed E-state index contributed by atoms with van der Waals surface area (Å²) in [5.74, 6) is 0.152. The molecule has 1 fully saturated rings. The van der Waals surface area contributed by atoms with Crippen LogP contribution in [-0.4, -0.2) is 46.5 Å². The van der Waals surface area contributed by atoms with Gasteiger partial charge in [-0.15, -0.1) is 0 Å². The molecule has 2 heterocycles. The molecule has 5 nitrogen and oxygen atoms in total. The third-order valence-corrected chi connectivity index (χ3v) is 5.44. The number of halogens is 1. The molecule has 1 aliphatic heterocycles.